The van der Waals surface area contributed by atoms with E-state index in [-0.39, 0.29) is 0 Å². The molecule has 68 valence electrons. The van der Waals surface area contributed by atoms with Crippen molar-refractivity contribution in [3.05, 3.63) is 24.0 Å². The van der Waals surface area contributed by atoms with Gasteiger partial charge in [-0.3, -0.25) is 4.98 Å². The lowest BCUT2D eigenvalue weighted by Gasteiger charge is -1.98. The van der Waals surface area contributed by atoms with Gasteiger partial charge in [0.1, 0.15) is 0 Å². The van der Waals surface area contributed by atoms with Crippen LogP contribution in [-0.4, -0.2) is 20.2 Å². The average Bonchev–Trinajstić information content (AvgIpc) is 2.71. The molecule has 0 fully saturated rings. The average molecular weight is 178 g/mol. The SMILES string of the molecule is Nc1nnc(NCc2ccc[nH]2)[nH]1. The maximum atomic E-state index is 5.35. The molecule has 2 heterocycles. The van der Waals surface area contributed by atoms with Crippen molar-refractivity contribution in [3.63, 3.8) is 0 Å². The zero-order valence-corrected chi connectivity index (χ0v) is 6.91. The van der Waals surface area contributed by atoms with Crippen LogP contribution >= 0.6 is 0 Å². The van der Waals surface area contributed by atoms with Gasteiger partial charge in [-0.2, -0.15) is 0 Å². The van der Waals surface area contributed by atoms with E-state index in [9.17, 15) is 0 Å². The number of anilines is 2. The fourth-order valence-electron chi connectivity index (χ4n) is 1.01. The largest absolute Gasteiger partial charge is 0.368 e. The normalized spacial score (nSPS) is 10.2. The summed E-state index contributed by atoms with van der Waals surface area (Å²) in [5.41, 5.74) is 6.43. The summed E-state index contributed by atoms with van der Waals surface area (Å²) in [4.78, 5) is 5.83. The van der Waals surface area contributed by atoms with Crippen LogP contribution in [0.25, 0.3) is 0 Å². The molecule has 2 aromatic rings. The Kier molecular flexibility index (Phi) is 1.87. The Morgan fingerprint density at radius 1 is 1.46 bits per heavy atom. The summed E-state index contributed by atoms with van der Waals surface area (Å²) < 4.78 is 0. The van der Waals surface area contributed by atoms with Crippen LogP contribution in [0, 0.1) is 0 Å². The number of nitrogens with zero attached hydrogens (tertiary/aromatic N) is 2. The number of nitrogens with one attached hydrogen (secondary N) is 3. The predicted octanol–water partition coefficient (Wildman–Crippen LogP) is 0.327. The van der Waals surface area contributed by atoms with Gasteiger partial charge in [0, 0.05) is 11.9 Å². The van der Waals surface area contributed by atoms with Crippen LogP contribution in [0.3, 0.4) is 0 Å². The molecule has 2 aromatic heterocycles. The van der Waals surface area contributed by atoms with Gasteiger partial charge in [0.15, 0.2) is 0 Å². The molecule has 5 N–H and O–H groups in total. The molecular weight excluding hydrogens is 168 g/mol. The van der Waals surface area contributed by atoms with Gasteiger partial charge in [0.25, 0.3) is 0 Å². The Morgan fingerprint density at radius 3 is 3.00 bits per heavy atom. The molecule has 0 saturated carbocycles. The van der Waals surface area contributed by atoms with E-state index in [1.807, 2.05) is 18.3 Å². The molecule has 0 amide bonds. The summed E-state index contributed by atoms with van der Waals surface area (Å²) >= 11 is 0. The smallest absolute Gasteiger partial charge is 0.223 e. The van der Waals surface area contributed by atoms with Gasteiger partial charge >= 0.3 is 0 Å². The van der Waals surface area contributed by atoms with Crippen molar-refractivity contribution in [2.24, 2.45) is 0 Å². The number of H-pyrrole nitrogens is 2. The summed E-state index contributed by atoms with van der Waals surface area (Å²) in [7, 11) is 0. The summed E-state index contributed by atoms with van der Waals surface area (Å²) in [6.07, 6.45) is 1.87. The van der Waals surface area contributed by atoms with Crippen molar-refractivity contribution in [1.29, 1.82) is 0 Å². The Morgan fingerprint density at radius 2 is 2.38 bits per heavy atom. The maximum absolute atomic E-state index is 5.35. The molecule has 0 radical (unpaired) electrons. The zero-order valence-electron chi connectivity index (χ0n) is 6.91. The van der Waals surface area contributed by atoms with Crippen LogP contribution in [0.4, 0.5) is 11.9 Å². The molecule has 6 heteroatoms. The van der Waals surface area contributed by atoms with Crippen LogP contribution < -0.4 is 11.1 Å². The van der Waals surface area contributed by atoms with Crippen LogP contribution in [0.15, 0.2) is 18.3 Å². The molecule has 0 unspecified atom stereocenters. The second kappa shape index (κ2) is 3.18. The molecular formula is C7H10N6. The highest BCUT2D eigenvalue weighted by Crippen LogP contribution is 2.01. The first-order valence-electron chi connectivity index (χ1n) is 3.89. The lowest BCUT2D eigenvalue weighted by atomic mass is 10.4. The van der Waals surface area contributed by atoms with E-state index >= 15 is 0 Å². The van der Waals surface area contributed by atoms with E-state index in [2.05, 4.69) is 25.5 Å². The van der Waals surface area contributed by atoms with E-state index in [4.69, 9.17) is 5.73 Å². The minimum atomic E-state index is 0.314. The maximum Gasteiger partial charge on any atom is 0.223 e. The molecule has 0 aliphatic rings. The number of nitrogens with two attached hydrogens (primary N) is 1. The highest BCUT2D eigenvalue weighted by atomic mass is 15.3. The highest BCUT2D eigenvalue weighted by molar-refractivity contribution is 5.30. The molecule has 0 spiro atoms. The molecule has 0 aliphatic carbocycles. The monoisotopic (exact) mass is 178 g/mol. The van der Waals surface area contributed by atoms with Gasteiger partial charge in [0.05, 0.1) is 6.54 Å². The quantitative estimate of drug-likeness (QED) is 0.544. The lowest BCUT2D eigenvalue weighted by Crippen LogP contribution is -2.01. The third-order valence-electron chi connectivity index (χ3n) is 1.61. The third kappa shape index (κ3) is 1.78. The first kappa shape index (κ1) is 7.66. The van der Waals surface area contributed by atoms with Gasteiger partial charge in [0.2, 0.25) is 11.9 Å². The van der Waals surface area contributed by atoms with Crippen LogP contribution in [0.2, 0.25) is 0 Å². The number of rotatable bonds is 3. The second-order valence-electron chi connectivity index (χ2n) is 2.61. The Balaban J connectivity index is 1.93. The summed E-state index contributed by atoms with van der Waals surface area (Å²) in [6, 6.07) is 3.92. The number of hydrogen-bond acceptors (Lipinski definition) is 4. The van der Waals surface area contributed by atoms with Gasteiger partial charge in [-0.05, 0) is 12.1 Å². The number of aromatic amines is 2. The third-order valence-corrected chi connectivity index (χ3v) is 1.61. The Labute approximate surface area is 74.6 Å². The minimum Gasteiger partial charge on any atom is -0.368 e. The summed E-state index contributed by atoms with van der Waals surface area (Å²) in [5.74, 6) is 0.890. The van der Waals surface area contributed by atoms with E-state index in [0.717, 1.165) is 5.69 Å². The van der Waals surface area contributed by atoms with Gasteiger partial charge < -0.3 is 16.0 Å². The van der Waals surface area contributed by atoms with Gasteiger partial charge in [-0.15, -0.1) is 10.2 Å². The summed E-state index contributed by atoms with van der Waals surface area (Å²) in [6.45, 7) is 0.668. The molecule has 2 rings (SSSR count). The standard InChI is InChI=1S/C7H10N6/c8-6-11-7(13-12-6)10-4-5-2-1-3-9-5/h1-3,9H,4H2,(H4,8,10,11,12,13). The minimum absolute atomic E-state index is 0.314. The Hall–Kier alpha value is -1.98. The number of hydrogen-bond donors (Lipinski definition) is 4. The van der Waals surface area contributed by atoms with E-state index < -0.39 is 0 Å². The second-order valence-corrected chi connectivity index (χ2v) is 2.61. The first-order valence-corrected chi connectivity index (χ1v) is 3.89. The van der Waals surface area contributed by atoms with Crippen molar-refractivity contribution in [1.82, 2.24) is 20.2 Å². The van der Waals surface area contributed by atoms with Crippen molar-refractivity contribution >= 4 is 11.9 Å². The van der Waals surface area contributed by atoms with E-state index in [1.165, 1.54) is 0 Å². The number of nitrogen functional groups attached to an aromatic ring is 1. The van der Waals surface area contributed by atoms with E-state index in [0.29, 0.717) is 18.4 Å². The van der Waals surface area contributed by atoms with Crippen LogP contribution in [0.1, 0.15) is 5.69 Å². The molecule has 13 heavy (non-hydrogen) atoms. The van der Waals surface area contributed by atoms with Crippen molar-refractivity contribution in [2.45, 2.75) is 6.54 Å². The predicted molar refractivity (Wildman–Crippen MR) is 48.9 cm³/mol. The molecule has 0 saturated heterocycles. The van der Waals surface area contributed by atoms with Crippen molar-refractivity contribution in [3.8, 4) is 0 Å². The molecule has 6 nitrogen and oxygen atoms in total. The van der Waals surface area contributed by atoms with Crippen molar-refractivity contribution < 1.29 is 0 Å². The highest BCUT2D eigenvalue weighted by Gasteiger charge is 1.98. The van der Waals surface area contributed by atoms with Crippen molar-refractivity contribution in [2.75, 3.05) is 11.1 Å². The molecule has 0 aliphatic heterocycles. The lowest BCUT2D eigenvalue weighted by molar-refractivity contribution is 1.02. The molecule has 0 bridgehead atoms. The molecule has 0 aromatic carbocycles. The fourth-order valence-corrected chi connectivity index (χ4v) is 1.01. The van der Waals surface area contributed by atoms with E-state index in [1.54, 1.807) is 0 Å². The van der Waals surface area contributed by atoms with Crippen LogP contribution in [0.5, 0.6) is 0 Å². The molecule has 0 atom stereocenters. The fraction of sp³-hybridized carbons (Fsp3) is 0.143. The topological polar surface area (TPSA) is 95.4 Å². The zero-order chi connectivity index (χ0) is 9.10. The number of aromatic nitrogens is 4. The van der Waals surface area contributed by atoms with Gasteiger partial charge in [-0.25, -0.2) is 0 Å². The van der Waals surface area contributed by atoms with Crippen LogP contribution in [-0.2, 0) is 6.54 Å². The van der Waals surface area contributed by atoms with Gasteiger partial charge in [-0.1, -0.05) is 0 Å². The Bertz CT molecular complexity index is 362. The summed E-state index contributed by atoms with van der Waals surface area (Å²) in [5, 5.41) is 10.4. The first-order chi connectivity index (χ1) is 6.34.